The summed E-state index contributed by atoms with van der Waals surface area (Å²) in [6.07, 6.45) is 2.67. The van der Waals surface area contributed by atoms with Gasteiger partial charge >= 0.3 is 0 Å². The number of ether oxygens (including phenoxy) is 1. The minimum atomic E-state index is -3.41. The van der Waals surface area contributed by atoms with Crippen molar-refractivity contribution in [2.45, 2.75) is 32.8 Å². The van der Waals surface area contributed by atoms with Gasteiger partial charge in [-0.25, -0.2) is 8.42 Å². The molecule has 0 saturated carbocycles. The molecular formula is C18H26N2O4S. The summed E-state index contributed by atoms with van der Waals surface area (Å²) in [4.78, 5) is 13.4. The molecule has 0 atom stereocenters. The van der Waals surface area contributed by atoms with Crippen LogP contribution in [0.3, 0.4) is 0 Å². The Kier molecular flexibility index (Phi) is 6.47. The lowest BCUT2D eigenvalue weighted by atomic mass is 10.1. The zero-order valence-electron chi connectivity index (χ0n) is 14.8. The van der Waals surface area contributed by atoms with Crippen molar-refractivity contribution in [3.05, 3.63) is 36.9 Å². The number of carbonyl (C=O) groups is 1. The first-order valence-electron chi connectivity index (χ1n) is 8.48. The lowest BCUT2D eigenvalue weighted by Gasteiger charge is -2.32. The van der Waals surface area contributed by atoms with Gasteiger partial charge in [-0.05, 0) is 24.1 Å². The zero-order chi connectivity index (χ0) is 18.4. The number of piperidine rings is 1. The monoisotopic (exact) mass is 366 g/mol. The van der Waals surface area contributed by atoms with Crippen LogP contribution in [0.5, 0.6) is 5.75 Å². The highest BCUT2D eigenvalue weighted by molar-refractivity contribution is 7.92. The van der Waals surface area contributed by atoms with E-state index in [1.54, 1.807) is 23.1 Å². The first kappa shape index (κ1) is 19.3. The number of sulfonamides is 1. The molecule has 1 aliphatic heterocycles. The van der Waals surface area contributed by atoms with Crippen molar-refractivity contribution in [1.82, 2.24) is 4.90 Å². The number of carbonyl (C=O) groups excluding carboxylic acids is 1. The quantitative estimate of drug-likeness (QED) is 0.753. The highest BCUT2D eigenvalue weighted by Crippen LogP contribution is 2.28. The van der Waals surface area contributed by atoms with Crippen molar-refractivity contribution in [2.75, 3.05) is 23.6 Å². The number of anilines is 1. The molecule has 1 fully saturated rings. The van der Waals surface area contributed by atoms with Gasteiger partial charge in [-0.3, -0.25) is 9.52 Å². The Bertz CT molecular complexity index is 708. The molecule has 0 spiro atoms. The summed E-state index contributed by atoms with van der Waals surface area (Å²) in [6, 6.07) is 7.04. The largest absolute Gasteiger partial charge is 0.488 e. The van der Waals surface area contributed by atoms with E-state index < -0.39 is 10.0 Å². The van der Waals surface area contributed by atoms with Crippen molar-refractivity contribution in [3.63, 3.8) is 0 Å². The summed E-state index contributed by atoms with van der Waals surface area (Å²) in [7, 11) is -3.41. The van der Waals surface area contributed by atoms with Crippen LogP contribution in [0.1, 0.15) is 26.7 Å². The third-order valence-corrected chi connectivity index (χ3v) is 5.56. The van der Waals surface area contributed by atoms with Crippen molar-refractivity contribution < 1.29 is 17.9 Å². The fourth-order valence-electron chi connectivity index (χ4n) is 2.80. The van der Waals surface area contributed by atoms with Gasteiger partial charge in [0.25, 0.3) is 0 Å². The summed E-state index contributed by atoms with van der Waals surface area (Å²) >= 11 is 0. The van der Waals surface area contributed by atoms with Crippen LogP contribution < -0.4 is 9.46 Å². The summed E-state index contributed by atoms with van der Waals surface area (Å²) in [5, 5.41) is 0. The molecule has 1 amide bonds. The van der Waals surface area contributed by atoms with Crippen molar-refractivity contribution in [3.8, 4) is 5.75 Å². The number of likely N-dealkylation sites (tertiary alicyclic amines) is 1. The number of amides is 1. The molecule has 0 bridgehead atoms. The van der Waals surface area contributed by atoms with Gasteiger partial charge in [0, 0.05) is 25.9 Å². The lowest BCUT2D eigenvalue weighted by molar-refractivity contribution is -0.127. The Morgan fingerprint density at radius 3 is 2.60 bits per heavy atom. The molecule has 1 aliphatic rings. The lowest BCUT2D eigenvalue weighted by Crippen LogP contribution is -2.41. The van der Waals surface area contributed by atoms with Gasteiger partial charge in [0.05, 0.1) is 11.4 Å². The molecule has 1 N–H and O–H groups in total. The number of para-hydroxylation sites is 2. The number of hydrogen-bond acceptors (Lipinski definition) is 4. The molecule has 1 heterocycles. The SMILES string of the molecule is C=CC(=O)N1CCC(Oc2ccccc2NS(=O)(=O)CC(C)C)CC1. The van der Waals surface area contributed by atoms with Crippen LogP contribution in [0.15, 0.2) is 36.9 Å². The average molecular weight is 366 g/mol. The first-order valence-corrected chi connectivity index (χ1v) is 10.1. The smallest absolute Gasteiger partial charge is 0.245 e. The van der Waals surface area contributed by atoms with E-state index in [-0.39, 0.29) is 23.7 Å². The fraction of sp³-hybridized carbons (Fsp3) is 0.500. The predicted molar refractivity (Wildman–Crippen MR) is 99.1 cm³/mol. The van der Waals surface area contributed by atoms with Gasteiger partial charge in [-0.1, -0.05) is 32.6 Å². The van der Waals surface area contributed by atoms with Crippen LogP contribution in [0, 0.1) is 5.92 Å². The predicted octanol–water partition coefficient (Wildman–Crippen LogP) is 2.64. The van der Waals surface area contributed by atoms with Crippen LogP contribution in [0.2, 0.25) is 0 Å². The summed E-state index contributed by atoms with van der Waals surface area (Å²) in [6.45, 7) is 8.44. The van der Waals surface area contributed by atoms with Gasteiger partial charge in [-0.15, -0.1) is 0 Å². The summed E-state index contributed by atoms with van der Waals surface area (Å²) in [5.74, 6) is 0.546. The molecule has 25 heavy (non-hydrogen) atoms. The summed E-state index contributed by atoms with van der Waals surface area (Å²) in [5.41, 5.74) is 0.452. The van der Waals surface area contributed by atoms with Crippen molar-refractivity contribution >= 4 is 21.6 Å². The van der Waals surface area contributed by atoms with Crippen LogP contribution in [0.4, 0.5) is 5.69 Å². The third kappa shape index (κ3) is 5.77. The number of benzene rings is 1. The normalized spacial score (nSPS) is 15.9. The third-order valence-electron chi connectivity index (χ3n) is 3.93. The molecule has 1 saturated heterocycles. The second kappa shape index (κ2) is 8.38. The van der Waals surface area contributed by atoms with Gasteiger partial charge < -0.3 is 9.64 Å². The molecule has 0 unspecified atom stereocenters. The maximum atomic E-state index is 12.2. The first-order chi connectivity index (χ1) is 11.8. The van der Waals surface area contributed by atoms with E-state index in [0.29, 0.717) is 37.4 Å². The molecular weight excluding hydrogens is 340 g/mol. The minimum absolute atomic E-state index is 0.0392. The Balaban J connectivity index is 2.02. The molecule has 0 aromatic heterocycles. The van der Waals surface area contributed by atoms with Crippen molar-refractivity contribution in [1.29, 1.82) is 0 Å². The molecule has 1 aromatic carbocycles. The van der Waals surface area contributed by atoms with Crippen LogP contribution in [0.25, 0.3) is 0 Å². The Labute approximate surface area is 149 Å². The van der Waals surface area contributed by atoms with E-state index in [9.17, 15) is 13.2 Å². The molecule has 138 valence electrons. The topological polar surface area (TPSA) is 75.7 Å². The molecule has 0 radical (unpaired) electrons. The van der Waals surface area contributed by atoms with Gasteiger partial charge in [0.15, 0.2) is 0 Å². The molecule has 1 aromatic rings. The van der Waals surface area contributed by atoms with Gasteiger partial charge in [0.2, 0.25) is 15.9 Å². The maximum Gasteiger partial charge on any atom is 0.245 e. The van der Waals surface area contributed by atoms with Crippen LogP contribution >= 0.6 is 0 Å². The van der Waals surface area contributed by atoms with E-state index >= 15 is 0 Å². The second-order valence-electron chi connectivity index (χ2n) is 6.62. The van der Waals surface area contributed by atoms with E-state index in [2.05, 4.69) is 11.3 Å². The molecule has 6 nitrogen and oxygen atoms in total. The Morgan fingerprint density at radius 2 is 2.00 bits per heavy atom. The number of hydrogen-bond donors (Lipinski definition) is 1. The van der Waals surface area contributed by atoms with E-state index in [1.807, 2.05) is 19.9 Å². The van der Waals surface area contributed by atoms with Crippen LogP contribution in [-0.2, 0) is 14.8 Å². The van der Waals surface area contributed by atoms with E-state index in [0.717, 1.165) is 0 Å². The van der Waals surface area contributed by atoms with Crippen molar-refractivity contribution in [2.24, 2.45) is 5.92 Å². The number of nitrogens with one attached hydrogen (secondary N) is 1. The van der Waals surface area contributed by atoms with Gasteiger partial charge in [0.1, 0.15) is 11.9 Å². The number of nitrogens with zero attached hydrogens (tertiary/aromatic N) is 1. The standard InChI is InChI=1S/C18H26N2O4S/c1-4-18(21)20-11-9-15(10-12-20)24-17-8-6-5-7-16(17)19-25(22,23)13-14(2)3/h4-8,14-15,19H,1,9-13H2,2-3H3. The molecule has 0 aliphatic carbocycles. The summed E-state index contributed by atoms with van der Waals surface area (Å²) < 4.78 is 33.0. The fourth-order valence-corrected chi connectivity index (χ4v) is 4.27. The maximum absolute atomic E-state index is 12.2. The van der Waals surface area contributed by atoms with Gasteiger partial charge in [-0.2, -0.15) is 0 Å². The highest BCUT2D eigenvalue weighted by atomic mass is 32.2. The second-order valence-corrected chi connectivity index (χ2v) is 8.39. The Morgan fingerprint density at radius 1 is 1.36 bits per heavy atom. The highest BCUT2D eigenvalue weighted by Gasteiger charge is 2.24. The average Bonchev–Trinajstić information content (AvgIpc) is 2.55. The minimum Gasteiger partial charge on any atom is -0.488 e. The van der Waals surface area contributed by atoms with E-state index in [1.165, 1.54) is 6.08 Å². The van der Waals surface area contributed by atoms with Crippen LogP contribution in [-0.4, -0.2) is 44.2 Å². The molecule has 2 rings (SSSR count). The zero-order valence-corrected chi connectivity index (χ0v) is 15.6. The molecule has 7 heteroatoms. The van der Waals surface area contributed by atoms with E-state index in [4.69, 9.17) is 4.74 Å². The Hall–Kier alpha value is -2.02. The number of rotatable bonds is 7.